The van der Waals surface area contributed by atoms with Gasteiger partial charge in [-0.05, 0) is 32.7 Å². The van der Waals surface area contributed by atoms with Crippen LogP contribution in [-0.4, -0.2) is 50.8 Å². The summed E-state index contributed by atoms with van der Waals surface area (Å²) in [7, 11) is 1.75. The first-order valence-electron chi connectivity index (χ1n) is 6.51. The number of nitrogens with zero attached hydrogens (tertiary/aromatic N) is 1. The fourth-order valence-corrected chi connectivity index (χ4v) is 1.72. The molecule has 0 aromatic carbocycles. The van der Waals surface area contributed by atoms with Crippen molar-refractivity contribution in [1.82, 2.24) is 10.2 Å². The molecule has 0 heterocycles. The van der Waals surface area contributed by atoms with Crippen molar-refractivity contribution in [2.75, 3.05) is 39.9 Å². The molecule has 3 heteroatoms. The van der Waals surface area contributed by atoms with Crippen LogP contribution in [0, 0.1) is 5.92 Å². The molecule has 0 aliphatic carbocycles. The molecule has 0 aromatic rings. The summed E-state index contributed by atoms with van der Waals surface area (Å²) in [5, 5.41) is 3.46. The van der Waals surface area contributed by atoms with Gasteiger partial charge in [0.05, 0.1) is 0 Å². The number of methoxy groups -OCH3 is 1. The molecule has 0 rings (SSSR count). The van der Waals surface area contributed by atoms with E-state index in [0.717, 1.165) is 38.6 Å². The first kappa shape index (κ1) is 15.9. The average molecular weight is 230 g/mol. The van der Waals surface area contributed by atoms with Crippen LogP contribution in [0.5, 0.6) is 0 Å². The number of nitrogens with one attached hydrogen (secondary N) is 1. The predicted octanol–water partition coefficient (Wildman–Crippen LogP) is 1.98. The zero-order valence-corrected chi connectivity index (χ0v) is 11.8. The van der Waals surface area contributed by atoms with Crippen LogP contribution >= 0.6 is 0 Å². The lowest BCUT2D eigenvalue weighted by molar-refractivity contribution is 0.187. The van der Waals surface area contributed by atoms with Gasteiger partial charge in [0, 0.05) is 39.4 Å². The summed E-state index contributed by atoms with van der Waals surface area (Å²) in [5.41, 5.74) is 0. The molecule has 0 aromatic heterocycles. The molecular formula is C13H30N2O. The summed E-state index contributed by atoms with van der Waals surface area (Å²) in [5.74, 6) is 0.746. The first-order chi connectivity index (χ1) is 7.57. The lowest BCUT2D eigenvalue weighted by Gasteiger charge is -2.28. The molecule has 0 radical (unpaired) electrons. The minimum Gasteiger partial charge on any atom is -0.385 e. The third kappa shape index (κ3) is 9.13. The quantitative estimate of drug-likeness (QED) is 0.581. The van der Waals surface area contributed by atoms with Gasteiger partial charge < -0.3 is 10.1 Å². The summed E-state index contributed by atoms with van der Waals surface area (Å²) >= 11 is 0. The van der Waals surface area contributed by atoms with Crippen LogP contribution in [0.25, 0.3) is 0 Å². The maximum atomic E-state index is 5.01. The van der Waals surface area contributed by atoms with Crippen molar-refractivity contribution in [3.63, 3.8) is 0 Å². The van der Waals surface area contributed by atoms with E-state index in [0.29, 0.717) is 6.04 Å². The molecular weight excluding hydrogens is 200 g/mol. The van der Waals surface area contributed by atoms with E-state index in [2.05, 4.69) is 37.9 Å². The number of ether oxygens (including phenoxy) is 1. The maximum absolute atomic E-state index is 5.01. The fraction of sp³-hybridized carbons (Fsp3) is 1.00. The van der Waals surface area contributed by atoms with E-state index >= 15 is 0 Å². The highest BCUT2D eigenvalue weighted by Crippen LogP contribution is 2.02. The molecule has 0 atom stereocenters. The maximum Gasteiger partial charge on any atom is 0.0474 e. The Kier molecular flexibility index (Phi) is 9.99. The molecule has 1 N–H and O–H groups in total. The van der Waals surface area contributed by atoms with E-state index in [-0.39, 0.29) is 0 Å². The Labute approximate surface area is 102 Å². The lowest BCUT2D eigenvalue weighted by Crippen LogP contribution is -2.39. The third-order valence-electron chi connectivity index (χ3n) is 2.61. The summed E-state index contributed by atoms with van der Waals surface area (Å²) in [4.78, 5) is 2.54. The zero-order valence-electron chi connectivity index (χ0n) is 11.8. The molecule has 3 nitrogen and oxygen atoms in total. The average Bonchev–Trinajstić information content (AvgIpc) is 2.20. The Morgan fingerprint density at radius 3 is 2.31 bits per heavy atom. The summed E-state index contributed by atoms with van der Waals surface area (Å²) < 4.78 is 5.01. The molecule has 0 aliphatic rings. The van der Waals surface area contributed by atoms with Crippen molar-refractivity contribution in [1.29, 1.82) is 0 Å². The van der Waals surface area contributed by atoms with E-state index in [1.165, 1.54) is 6.54 Å². The highest BCUT2D eigenvalue weighted by molar-refractivity contribution is 4.66. The Hall–Kier alpha value is -0.120. The molecule has 0 amide bonds. The van der Waals surface area contributed by atoms with E-state index in [4.69, 9.17) is 4.74 Å². The van der Waals surface area contributed by atoms with Gasteiger partial charge in [0.2, 0.25) is 0 Å². The molecule has 0 saturated heterocycles. The second-order valence-electron chi connectivity index (χ2n) is 5.08. The van der Waals surface area contributed by atoms with E-state index in [1.807, 2.05) is 0 Å². The van der Waals surface area contributed by atoms with Gasteiger partial charge in [-0.25, -0.2) is 0 Å². The van der Waals surface area contributed by atoms with Crippen molar-refractivity contribution >= 4 is 0 Å². The molecule has 0 fully saturated rings. The van der Waals surface area contributed by atoms with Crippen LogP contribution in [0.1, 0.15) is 34.1 Å². The molecule has 98 valence electrons. The van der Waals surface area contributed by atoms with E-state index in [9.17, 15) is 0 Å². The Balaban J connectivity index is 3.52. The standard InChI is InChI=1S/C13H30N2O/c1-12(2)11-15(13(3)4)9-8-14-7-6-10-16-5/h12-14H,6-11H2,1-5H3. The van der Waals surface area contributed by atoms with Gasteiger partial charge in [-0.3, -0.25) is 4.90 Å². The lowest BCUT2D eigenvalue weighted by atomic mass is 10.2. The number of hydrogen-bond acceptors (Lipinski definition) is 3. The minimum absolute atomic E-state index is 0.642. The smallest absolute Gasteiger partial charge is 0.0474 e. The zero-order chi connectivity index (χ0) is 12.4. The number of rotatable bonds is 10. The Bertz CT molecular complexity index is 149. The minimum atomic E-state index is 0.642. The summed E-state index contributed by atoms with van der Waals surface area (Å²) in [6.45, 7) is 14.4. The summed E-state index contributed by atoms with van der Waals surface area (Å²) in [6.07, 6.45) is 1.10. The third-order valence-corrected chi connectivity index (χ3v) is 2.61. The summed E-state index contributed by atoms with van der Waals surface area (Å²) in [6, 6.07) is 0.642. The van der Waals surface area contributed by atoms with Crippen molar-refractivity contribution in [2.45, 2.75) is 40.2 Å². The van der Waals surface area contributed by atoms with Crippen molar-refractivity contribution < 1.29 is 4.74 Å². The van der Waals surface area contributed by atoms with Crippen LogP contribution < -0.4 is 5.32 Å². The molecule has 0 saturated carbocycles. The molecule has 16 heavy (non-hydrogen) atoms. The normalized spacial score (nSPS) is 12.0. The highest BCUT2D eigenvalue weighted by atomic mass is 16.5. The van der Waals surface area contributed by atoms with Crippen molar-refractivity contribution in [3.05, 3.63) is 0 Å². The van der Waals surface area contributed by atoms with Gasteiger partial charge in [-0.1, -0.05) is 13.8 Å². The van der Waals surface area contributed by atoms with Crippen LogP contribution in [0.2, 0.25) is 0 Å². The van der Waals surface area contributed by atoms with Gasteiger partial charge in [0.1, 0.15) is 0 Å². The highest BCUT2D eigenvalue weighted by Gasteiger charge is 2.09. The Morgan fingerprint density at radius 2 is 1.81 bits per heavy atom. The van der Waals surface area contributed by atoms with Gasteiger partial charge in [-0.15, -0.1) is 0 Å². The van der Waals surface area contributed by atoms with Crippen molar-refractivity contribution in [3.8, 4) is 0 Å². The first-order valence-corrected chi connectivity index (χ1v) is 6.51. The fourth-order valence-electron chi connectivity index (χ4n) is 1.72. The number of hydrogen-bond donors (Lipinski definition) is 1. The van der Waals surface area contributed by atoms with Crippen LogP contribution in [0.15, 0.2) is 0 Å². The Morgan fingerprint density at radius 1 is 1.12 bits per heavy atom. The van der Waals surface area contributed by atoms with Crippen LogP contribution in [0.4, 0.5) is 0 Å². The second-order valence-corrected chi connectivity index (χ2v) is 5.08. The largest absolute Gasteiger partial charge is 0.385 e. The van der Waals surface area contributed by atoms with Crippen molar-refractivity contribution in [2.24, 2.45) is 5.92 Å². The second kappa shape index (κ2) is 10.1. The monoisotopic (exact) mass is 230 g/mol. The topological polar surface area (TPSA) is 24.5 Å². The van der Waals surface area contributed by atoms with Gasteiger partial charge in [0.15, 0.2) is 0 Å². The van der Waals surface area contributed by atoms with Gasteiger partial charge in [-0.2, -0.15) is 0 Å². The molecule has 0 bridgehead atoms. The van der Waals surface area contributed by atoms with E-state index < -0.39 is 0 Å². The molecule has 0 spiro atoms. The predicted molar refractivity (Wildman–Crippen MR) is 70.9 cm³/mol. The van der Waals surface area contributed by atoms with Gasteiger partial charge >= 0.3 is 0 Å². The molecule has 0 unspecified atom stereocenters. The van der Waals surface area contributed by atoms with Gasteiger partial charge in [0.25, 0.3) is 0 Å². The van der Waals surface area contributed by atoms with E-state index in [1.54, 1.807) is 7.11 Å². The van der Waals surface area contributed by atoms with Crippen LogP contribution in [0.3, 0.4) is 0 Å². The molecule has 0 aliphatic heterocycles. The SMILES string of the molecule is COCCCNCCN(CC(C)C)C(C)C. The van der Waals surface area contributed by atoms with Crippen LogP contribution in [-0.2, 0) is 4.74 Å².